The van der Waals surface area contributed by atoms with Crippen molar-refractivity contribution in [3.8, 4) is 11.6 Å². The molecule has 0 aromatic carbocycles. The summed E-state index contributed by atoms with van der Waals surface area (Å²) in [6.07, 6.45) is 6.28. The minimum absolute atomic E-state index is 0. The van der Waals surface area contributed by atoms with Crippen LogP contribution >= 0.6 is 0 Å². The summed E-state index contributed by atoms with van der Waals surface area (Å²) in [7, 11) is 0. The van der Waals surface area contributed by atoms with Crippen LogP contribution in [0.1, 0.15) is 89.6 Å². The molecule has 0 aliphatic carbocycles. The Balaban J connectivity index is 0.00000361. The zero-order valence-corrected chi connectivity index (χ0v) is 25.2. The van der Waals surface area contributed by atoms with Crippen molar-refractivity contribution in [1.29, 1.82) is 0 Å². The van der Waals surface area contributed by atoms with Crippen molar-refractivity contribution in [2.75, 3.05) is 0 Å². The molecule has 0 saturated carbocycles. The summed E-state index contributed by atoms with van der Waals surface area (Å²) >= 11 is 0. The molecule has 0 aliphatic heterocycles. The summed E-state index contributed by atoms with van der Waals surface area (Å²) in [6, 6.07) is 12.2. The molecule has 0 saturated heterocycles. The summed E-state index contributed by atoms with van der Waals surface area (Å²) in [5.74, 6) is 1.61. The second-order valence-electron chi connectivity index (χ2n) is 11.8. The number of aromatic nitrogens is 6. The van der Waals surface area contributed by atoms with Crippen molar-refractivity contribution >= 4 is 0 Å². The van der Waals surface area contributed by atoms with Gasteiger partial charge in [0.25, 0.3) is 0 Å². The quantitative estimate of drug-likeness (QED) is 0.252. The van der Waals surface area contributed by atoms with E-state index < -0.39 is 5.41 Å². The maximum Gasteiger partial charge on any atom is 2.00 e. The molecule has 0 fully saturated rings. The van der Waals surface area contributed by atoms with E-state index in [2.05, 4.69) is 104 Å². The Morgan fingerprint density at radius 2 is 0.972 bits per heavy atom. The third-order valence-corrected chi connectivity index (χ3v) is 6.51. The second-order valence-corrected chi connectivity index (χ2v) is 11.8. The van der Waals surface area contributed by atoms with Gasteiger partial charge in [0.15, 0.2) is 0 Å². The fourth-order valence-electron chi connectivity index (χ4n) is 4.51. The van der Waals surface area contributed by atoms with Crippen molar-refractivity contribution < 1.29 is 21.1 Å². The van der Waals surface area contributed by atoms with E-state index in [1.54, 1.807) is 0 Å². The van der Waals surface area contributed by atoms with E-state index in [1.165, 1.54) is 0 Å². The topological polar surface area (TPSA) is 61.4 Å². The maximum absolute atomic E-state index is 5.03. The molecule has 0 N–H and O–H groups in total. The summed E-state index contributed by atoms with van der Waals surface area (Å²) in [4.78, 5) is 19.2. The molecule has 4 heterocycles. The van der Waals surface area contributed by atoms with Crippen LogP contribution in [-0.2, 0) is 37.3 Å². The third-order valence-electron chi connectivity index (χ3n) is 6.51. The van der Waals surface area contributed by atoms with Crippen molar-refractivity contribution in [2.24, 2.45) is 0 Å². The Morgan fingerprint density at radius 1 is 0.611 bits per heavy atom. The minimum atomic E-state index is -0.422. The molecule has 6 nitrogen and oxygen atoms in total. The van der Waals surface area contributed by atoms with Gasteiger partial charge in [-0.1, -0.05) is 91.0 Å². The fraction of sp³-hybridized carbons (Fsp3) is 0.448. The predicted octanol–water partition coefficient (Wildman–Crippen LogP) is 5.98. The molecule has 4 aromatic heterocycles. The molecule has 4 rings (SSSR count). The zero-order chi connectivity index (χ0) is 25.8. The molecule has 0 bridgehead atoms. The average Bonchev–Trinajstić information content (AvgIpc) is 3.36. The number of hydrogen-bond acceptors (Lipinski definition) is 4. The zero-order valence-electron chi connectivity index (χ0n) is 23.0. The standard InChI is InChI=1S/C29H36N6.Pt/c1-19-25(27(3,4)5)30-17-34(19)23-15-11-13-21(32-23)29(9,10)22-14-12-16-24(33-22)35-18-31-26(20(35)2)28(6,7)8;/h11-16H,1-10H3;/q-2;+2. The number of imidazole rings is 2. The van der Waals surface area contributed by atoms with E-state index in [0.717, 1.165) is 45.8 Å². The largest absolute Gasteiger partial charge is 2.00 e. The van der Waals surface area contributed by atoms with Gasteiger partial charge in [0.2, 0.25) is 0 Å². The van der Waals surface area contributed by atoms with Crippen LogP contribution in [-0.4, -0.2) is 29.1 Å². The molecule has 0 atom stereocenters. The fourth-order valence-corrected chi connectivity index (χ4v) is 4.51. The number of nitrogens with zero attached hydrogens (tertiary/aromatic N) is 6. The Hall–Kier alpha value is -2.59. The van der Waals surface area contributed by atoms with Crippen LogP contribution in [0.3, 0.4) is 0 Å². The Labute approximate surface area is 229 Å². The van der Waals surface area contributed by atoms with Gasteiger partial charge >= 0.3 is 21.1 Å². The van der Waals surface area contributed by atoms with Gasteiger partial charge < -0.3 is 19.1 Å². The molecular weight excluding hydrogens is 627 g/mol. The summed E-state index contributed by atoms with van der Waals surface area (Å²) in [5, 5.41) is 0. The number of rotatable bonds is 4. The van der Waals surface area contributed by atoms with Crippen LogP contribution in [0.4, 0.5) is 0 Å². The Bertz CT molecular complexity index is 1260. The number of hydrogen-bond donors (Lipinski definition) is 0. The summed E-state index contributed by atoms with van der Waals surface area (Å²) in [5.41, 5.74) is 5.50. The molecule has 0 amide bonds. The van der Waals surface area contributed by atoms with E-state index in [1.807, 2.05) is 33.4 Å². The van der Waals surface area contributed by atoms with Crippen molar-refractivity contribution in [2.45, 2.75) is 85.5 Å². The molecule has 0 radical (unpaired) electrons. The monoisotopic (exact) mass is 663 g/mol. The Kier molecular flexibility index (Phi) is 7.54. The normalized spacial score (nSPS) is 12.5. The molecule has 0 spiro atoms. The van der Waals surface area contributed by atoms with Gasteiger partial charge in [-0.25, -0.2) is 0 Å². The second kappa shape index (κ2) is 9.70. The minimum Gasteiger partial charge on any atom is -0.415 e. The molecular formula is C29H36N6Pt. The van der Waals surface area contributed by atoms with E-state index >= 15 is 0 Å². The Morgan fingerprint density at radius 3 is 1.28 bits per heavy atom. The van der Waals surface area contributed by atoms with Gasteiger partial charge in [0, 0.05) is 29.5 Å². The molecule has 192 valence electrons. The molecule has 7 heteroatoms. The van der Waals surface area contributed by atoms with Crippen LogP contribution in [0.15, 0.2) is 36.4 Å². The van der Waals surface area contributed by atoms with Crippen LogP contribution in [0.5, 0.6) is 0 Å². The predicted molar refractivity (Wildman–Crippen MR) is 139 cm³/mol. The SMILES string of the molecule is Cc1c(C(C)(C)C)n[c-]n1-c1cccc(C(C)(C)c2cccc(-n3[c-]nc(C(C)(C)C)c3C)n2)n1.[Pt+2]. The first-order chi connectivity index (χ1) is 16.2. The first kappa shape index (κ1) is 28.0. The van der Waals surface area contributed by atoms with Gasteiger partial charge in [0.05, 0.1) is 11.6 Å². The van der Waals surface area contributed by atoms with Crippen LogP contribution in [0.25, 0.3) is 11.6 Å². The van der Waals surface area contributed by atoms with E-state index in [-0.39, 0.29) is 31.9 Å². The van der Waals surface area contributed by atoms with Gasteiger partial charge in [-0.15, -0.1) is 0 Å². The molecule has 36 heavy (non-hydrogen) atoms. The maximum atomic E-state index is 5.03. The van der Waals surface area contributed by atoms with Crippen LogP contribution in [0.2, 0.25) is 0 Å². The van der Waals surface area contributed by atoms with Crippen LogP contribution < -0.4 is 0 Å². The molecule has 0 unspecified atom stereocenters. The van der Waals surface area contributed by atoms with Gasteiger partial charge in [-0.3, -0.25) is 9.97 Å². The third kappa shape index (κ3) is 5.11. The van der Waals surface area contributed by atoms with Crippen LogP contribution in [0, 0.1) is 26.5 Å². The molecule has 4 aromatic rings. The first-order valence-corrected chi connectivity index (χ1v) is 12.1. The van der Waals surface area contributed by atoms with E-state index in [0.29, 0.717) is 0 Å². The summed E-state index contributed by atoms with van der Waals surface area (Å²) in [6.45, 7) is 21.4. The van der Waals surface area contributed by atoms with Crippen molar-refractivity contribution in [1.82, 2.24) is 29.1 Å². The number of pyridine rings is 2. The van der Waals surface area contributed by atoms with Gasteiger partial charge in [-0.05, 0) is 48.2 Å². The van der Waals surface area contributed by atoms with E-state index in [9.17, 15) is 0 Å². The molecule has 0 aliphatic rings. The van der Waals surface area contributed by atoms with Crippen molar-refractivity contribution in [3.63, 3.8) is 0 Å². The van der Waals surface area contributed by atoms with Gasteiger partial charge in [-0.2, -0.15) is 0 Å². The summed E-state index contributed by atoms with van der Waals surface area (Å²) < 4.78 is 3.89. The van der Waals surface area contributed by atoms with Crippen molar-refractivity contribution in [3.05, 3.63) is 83.2 Å². The average molecular weight is 664 g/mol. The van der Waals surface area contributed by atoms with E-state index in [4.69, 9.17) is 9.97 Å². The van der Waals surface area contributed by atoms with Gasteiger partial charge in [0.1, 0.15) is 0 Å². The first-order valence-electron chi connectivity index (χ1n) is 12.1. The smallest absolute Gasteiger partial charge is 0.415 e.